The molecule has 1 aliphatic heterocycles. The summed E-state index contributed by atoms with van der Waals surface area (Å²) in [7, 11) is 0. The number of amides is 4. The Labute approximate surface area is 178 Å². The zero-order valence-electron chi connectivity index (χ0n) is 16.4. The SMILES string of the molecule is NC(=O)c1ccc(NC(=O)[C@@H](Cc2ccccc2)N2C(=O)c3ccccc3C2=O)cc1. The van der Waals surface area contributed by atoms with Gasteiger partial charge in [0, 0.05) is 17.7 Å². The third-order valence-electron chi connectivity index (χ3n) is 5.15. The molecule has 0 aliphatic carbocycles. The number of carbonyl (C=O) groups is 4. The molecule has 0 spiro atoms. The van der Waals surface area contributed by atoms with Gasteiger partial charge in [0.1, 0.15) is 6.04 Å². The first-order valence-corrected chi connectivity index (χ1v) is 9.67. The van der Waals surface area contributed by atoms with Crippen molar-refractivity contribution in [1.82, 2.24) is 4.90 Å². The van der Waals surface area contributed by atoms with Crippen molar-refractivity contribution in [2.45, 2.75) is 12.5 Å². The summed E-state index contributed by atoms with van der Waals surface area (Å²) >= 11 is 0. The van der Waals surface area contributed by atoms with E-state index in [1.54, 1.807) is 36.4 Å². The molecule has 0 fully saturated rings. The molecule has 7 heteroatoms. The Hall–Kier alpha value is -4.26. The highest BCUT2D eigenvalue weighted by Gasteiger charge is 2.42. The van der Waals surface area contributed by atoms with E-state index in [4.69, 9.17) is 5.73 Å². The van der Waals surface area contributed by atoms with Gasteiger partial charge in [0.05, 0.1) is 11.1 Å². The van der Waals surface area contributed by atoms with Gasteiger partial charge in [-0.2, -0.15) is 0 Å². The number of rotatable bonds is 6. The minimum atomic E-state index is -1.05. The van der Waals surface area contributed by atoms with Crippen molar-refractivity contribution in [3.8, 4) is 0 Å². The van der Waals surface area contributed by atoms with E-state index in [2.05, 4.69) is 5.32 Å². The molecular formula is C24H19N3O4. The lowest BCUT2D eigenvalue weighted by atomic mass is 10.0. The molecule has 0 saturated carbocycles. The van der Waals surface area contributed by atoms with Crippen LogP contribution >= 0.6 is 0 Å². The number of anilines is 1. The Balaban J connectivity index is 1.65. The van der Waals surface area contributed by atoms with Crippen molar-refractivity contribution in [3.05, 3.63) is 101 Å². The van der Waals surface area contributed by atoms with Crippen LogP contribution in [-0.4, -0.2) is 34.6 Å². The van der Waals surface area contributed by atoms with Crippen LogP contribution in [0.2, 0.25) is 0 Å². The Morgan fingerprint density at radius 2 is 1.35 bits per heavy atom. The number of nitrogens with one attached hydrogen (secondary N) is 1. The maximum Gasteiger partial charge on any atom is 0.262 e. The normalized spacial score (nSPS) is 13.6. The number of primary amides is 1. The third kappa shape index (κ3) is 3.93. The number of fused-ring (bicyclic) bond motifs is 1. The summed E-state index contributed by atoms with van der Waals surface area (Å²) < 4.78 is 0. The van der Waals surface area contributed by atoms with E-state index in [9.17, 15) is 19.2 Å². The van der Waals surface area contributed by atoms with Gasteiger partial charge in [-0.25, -0.2) is 0 Å². The maximum absolute atomic E-state index is 13.2. The van der Waals surface area contributed by atoms with Gasteiger partial charge in [0.25, 0.3) is 11.8 Å². The molecule has 0 unspecified atom stereocenters. The molecule has 31 heavy (non-hydrogen) atoms. The molecule has 4 amide bonds. The van der Waals surface area contributed by atoms with Crippen LogP contribution < -0.4 is 11.1 Å². The zero-order valence-corrected chi connectivity index (χ0v) is 16.4. The smallest absolute Gasteiger partial charge is 0.262 e. The molecule has 1 heterocycles. The Bertz CT molecular complexity index is 1140. The second kappa shape index (κ2) is 8.23. The topological polar surface area (TPSA) is 110 Å². The Morgan fingerprint density at radius 3 is 1.90 bits per heavy atom. The van der Waals surface area contributed by atoms with Crippen molar-refractivity contribution >= 4 is 29.3 Å². The highest BCUT2D eigenvalue weighted by atomic mass is 16.2. The summed E-state index contributed by atoms with van der Waals surface area (Å²) in [5.41, 5.74) is 7.34. The van der Waals surface area contributed by atoms with Gasteiger partial charge in [-0.15, -0.1) is 0 Å². The van der Waals surface area contributed by atoms with Crippen molar-refractivity contribution in [3.63, 3.8) is 0 Å². The average Bonchev–Trinajstić information content (AvgIpc) is 3.03. The fraction of sp³-hybridized carbons (Fsp3) is 0.0833. The number of nitrogens with zero attached hydrogens (tertiary/aromatic N) is 1. The van der Waals surface area contributed by atoms with E-state index in [-0.39, 0.29) is 17.5 Å². The monoisotopic (exact) mass is 413 g/mol. The van der Waals surface area contributed by atoms with E-state index >= 15 is 0 Å². The Morgan fingerprint density at radius 1 is 0.806 bits per heavy atom. The zero-order chi connectivity index (χ0) is 22.0. The predicted molar refractivity (Wildman–Crippen MR) is 114 cm³/mol. The van der Waals surface area contributed by atoms with Crippen LogP contribution in [0.5, 0.6) is 0 Å². The standard InChI is InChI=1S/C24H19N3O4/c25-21(28)16-10-12-17(13-11-16)26-22(29)20(14-15-6-2-1-3-7-15)27-23(30)18-8-4-5-9-19(18)24(27)31/h1-13,20H,14H2,(H2,25,28)(H,26,29)/t20-/m1/s1. The fourth-order valence-electron chi connectivity index (χ4n) is 3.57. The van der Waals surface area contributed by atoms with E-state index in [1.165, 1.54) is 12.1 Å². The molecule has 4 rings (SSSR count). The number of hydrogen-bond acceptors (Lipinski definition) is 4. The number of imide groups is 1. The quantitative estimate of drug-likeness (QED) is 0.606. The second-order valence-corrected chi connectivity index (χ2v) is 7.16. The number of nitrogens with two attached hydrogens (primary N) is 1. The van der Waals surface area contributed by atoms with Crippen molar-refractivity contribution in [2.75, 3.05) is 5.32 Å². The van der Waals surface area contributed by atoms with Crippen LogP contribution in [0.4, 0.5) is 5.69 Å². The molecule has 1 aliphatic rings. The van der Waals surface area contributed by atoms with Gasteiger partial charge in [-0.05, 0) is 42.0 Å². The number of benzene rings is 3. The van der Waals surface area contributed by atoms with E-state index in [0.717, 1.165) is 10.5 Å². The van der Waals surface area contributed by atoms with Crippen LogP contribution in [-0.2, 0) is 11.2 Å². The van der Waals surface area contributed by atoms with Crippen molar-refractivity contribution in [2.24, 2.45) is 5.73 Å². The van der Waals surface area contributed by atoms with Crippen molar-refractivity contribution in [1.29, 1.82) is 0 Å². The van der Waals surface area contributed by atoms with Gasteiger partial charge < -0.3 is 11.1 Å². The van der Waals surface area contributed by atoms with Gasteiger partial charge >= 0.3 is 0 Å². The summed E-state index contributed by atoms with van der Waals surface area (Å²) in [6.45, 7) is 0. The van der Waals surface area contributed by atoms with E-state index in [0.29, 0.717) is 11.3 Å². The summed E-state index contributed by atoms with van der Waals surface area (Å²) in [6, 6.07) is 20.7. The molecule has 1 atom stereocenters. The van der Waals surface area contributed by atoms with Crippen LogP contribution in [0.15, 0.2) is 78.9 Å². The maximum atomic E-state index is 13.2. The highest BCUT2D eigenvalue weighted by Crippen LogP contribution is 2.26. The molecule has 0 radical (unpaired) electrons. The van der Waals surface area contributed by atoms with Crippen LogP contribution in [0.3, 0.4) is 0 Å². The van der Waals surface area contributed by atoms with Gasteiger partial charge in [0.15, 0.2) is 0 Å². The number of hydrogen-bond donors (Lipinski definition) is 2. The van der Waals surface area contributed by atoms with E-state index < -0.39 is 29.7 Å². The van der Waals surface area contributed by atoms with Crippen LogP contribution in [0.25, 0.3) is 0 Å². The molecule has 0 saturated heterocycles. The fourth-order valence-corrected chi connectivity index (χ4v) is 3.57. The molecular weight excluding hydrogens is 394 g/mol. The molecule has 0 aromatic heterocycles. The first kappa shape index (κ1) is 20.0. The lowest BCUT2D eigenvalue weighted by Crippen LogP contribution is -2.48. The predicted octanol–water partition coefficient (Wildman–Crippen LogP) is 2.63. The molecule has 3 aromatic carbocycles. The molecule has 0 bridgehead atoms. The summed E-state index contributed by atoms with van der Waals surface area (Å²) in [4.78, 5) is 51.5. The molecule has 154 valence electrons. The van der Waals surface area contributed by atoms with Crippen LogP contribution in [0.1, 0.15) is 36.6 Å². The first-order chi connectivity index (χ1) is 15.0. The minimum Gasteiger partial charge on any atom is -0.366 e. The largest absolute Gasteiger partial charge is 0.366 e. The molecule has 3 N–H and O–H groups in total. The summed E-state index contributed by atoms with van der Waals surface area (Å²) in [5, 5.41) is 2.74. The Kier molecular flexibility index (Phi) is 5.32. The van der Waals surface area contributed by atoms with E-state index in [1.807, 2.05) is 30.3 Å². The van der Waals surface area contributed by atoms with Gasteiger partial charge in [-0.1, -0.05) is 42.5 Å². The van der Waals surface area contributed by atoms with Gasteiger partial charge in [0.2, 0.25) is 11.8 Å². The second-order valence-electron chi connectivity index (χ2n) is 7.16. The first-order valence-electron chi connectivity index (χ1n) is 9.67. The van der Waals surface area contributed by atoms with Crippen molar-refractivity contribution < 1.29 is 19.2 Å². The summed E-state index contributed by atoms with van der Waals surface area (Å²) in [6.07, 6.45) is 0.164. The lowest BCUT2D eigenvalue weighted by molar-refractivity contribution is -0.119. The lowest BCUT2D eigenvalue weighted by Gasteiger charge is -2.25. The van der Waals surface area contributed by atoms with Gasteiger partial charge in [-0.3, -0.25) is 24.1 Å². The van der Waals surface area contributed by atoms with Crippen LogP contribution in [0, 0.1) is 0 Å². The summed E-state index contributed by atoms with van der Waals surface area (Å²) in [5.74, 6) is -2.09. The highest BCUT2D eigenvalue weighted by molar-refractivity contribution is 6.23. The average molecular weight is 413 g/mol. The number of carbonyl (C=O) groups excluding carboxylic acids is 4. The molecule has 3 aromatic rings. The minimum absolute atomic E-state index is 0.164. The molecule has 7 nitrogen and oxygen atoms in total. The third-order valence-corrected chi connectivity index (χ3v) is 5.15.